The quantitative estimate of drug-likeness (QED) is 0.745. The van der Waals surface area contributed by atoms with Crippen LogP contribution in [0, 0.1) is 5.92 Å². The lowest BCUT2D eigenvalue weighted by atomic mass is 9.76. The molecule has 7 heteroatoms. The maximum atomic E-state index is 13.3. The van der Waals surface area contributed by atoms with E-state index >= 15 is 0 Å². The lowest BCUT2D eigenvalue weighted by Gasteiger charge is -2.39. The van der Waals surface area contributed by atoms with E-state index in [0.29, 0.717) is 32.1 Å². The van der Waals surface area contributed by atoms with E-state index in [-0.39, 0.29) is 31.2 Å². The van der Waals surface area contributed by atoms with Gasteiger partial charge in [0.05, 0.1) is 7.11 Å². The van der Waals surface area contributed by atoms with E-state index in [0.717, 1.165) is 31.4 Å². The maximum Gasteiger partial charge on any atom is 0.321 e. The molecular formula is C27H35N3O4. The molecule has 3 amide bonds. The van der Waals surface area contributed by atoms with Gasteiger partial charge in [-0.05, 0) is 54.9 Å². The van der Waals surface area contributed by atoms with E-state index in [1.807, 2.05) is 17.0 Å². The summed E-state index contributed by atoms with van der Waals surface area (Å²) >= 11 is 0. The average molecular weight is 466 g/mol. The third-order valence-corrected chi connectivity index (χ3v) is 6.82. The summed E-state index contributed by atoms with van der Waals surface area (Å²) in [6.45, 7) is 2.85. The molecule has 0 saturated carbocycles. The first-order valence-electron chi connectivity index (χ1n) is 12.2. The number of rotatable bonds is 4. The molecule has 0 bridgehead atoms. The van der Waals surface area contributed by atoms with Crippen molar-refractivity contribution < 1.29 is 19.1 Å². The Bertz CT molecular complexity index is 944. The first-order valence-corrected chi connectivity index (χ1v) is 12.2. The number of urea groups is 1. The highest BCUT2D eigenvalue weighted by molar-refractivity contribution is 5.77. The Kier molecular flexibility index (Phi) is 8.41. The standard InChI is InChI=1S/C27H35N3O4/c1-33-24-11-7-10-23(18-24)26(21-8-3-2-4-9-21)22-12-16-29(17-13-22)27(32)30-15-6-5-14-28-25(31)19-34-20-30/h2-4,7-11,18,22,26H,5-6,12-17,19-20H2,1H3,(H,28,31)/t26-/m1/s1. The largest absolute Gasteiger partial charge is 0.497 e. The SMILES string of the molecule is COc1cccc([C@H](c2ccccc2)C2CCN(C(=O)N3CCCCNC(=O)COC3)CC2)c1. The van der Waals surface area contributed by atoms with Crippen LogP contribution in [0.3, 0.4) is 0 Å². The van der Waals surface area contributed by atoms with Gasteiger partial charge in [0.1, 0.15) is 19.1 Å². The second-order valence-electron chi connectivity index (χ2n) is 9.07. The minimum atomic E-state index is -0.125. The van der Waals surface area contributed by atoms with Crippen molar-refractivity contribution in [2.24, 2.45) is 5.92 Å². The van der Waals surface area contributed by atoms with Gasteiger partial charge in [-0.15, -0.1) is 0 Å². The zero-order chi connectivity index (χ0) is 23.8. The summed E-state index contributed by atoms with van der Waals surface area (Å²) in [6, 6.07) is 19.0. The number of carbonyl (C=O) groups is 2. The molecule has 2 aromatic carbocycles. The van der Waals surface area contributed by atoms with Crippen LogP contribution in [0.25, 0.3) is 0 Å². The number of methoxy groups -OCH3 is 1. The Morgan fingerprint density at radius 3 is 2.53 bits per heavy atom. The van der Waals surface area contributed by atoms with Crippen LogP contribution in [0.1, 0.15) is 42.7 Å². The van der Waals surface area contributed by atoms with E-state index in [2.05, 4.69) is 47.8 Å². The highest BCUT2D eigenvalue weighted by Crippen LogP contribution is 2.39. The van der Waals surface area contributed by atoms with Gasteiger partial charge in [-0.1, -0.05) is 42.5 Å². The number of piperidine rings is 1. The second-order valence-corrected chi connectivity index (χ2v) is 9.07. The van der Waals surface area contributed by atoms with Gasteiger partial charge >= 0.3 is 6.03 Å². The number of benzene rings is 2. The van der Waals surface area contributed by atoms with Gasteiger partial charge < -0.3 is 24.6 Å². The second kappa shape index (κ2) is 11.9. The van der Waals surface area contributed by atoms with Crippen molar-refractivity contribution in [3.8, 4) is 5.75 Å². The number of nitrogens with one attached hydrogen (secondary N) is 1. The topological polar surface area (TPSA) is 71.1 Å². The fraction of sp³-hybridized carbons (Fsp3) is 0.481. The summed E-state index contributed by atoms with van der Waals surface area (Å²) in [5.74, 6) is 1.42. The molecule has 0 aliphatic carbocycles. The van der Waals surface area contributed by atoms with Gasteiger partial charge in [0, 0.05) is 32.1 Å². The van der Waals surface area contributed by atoms with E-state index in [4.69, 9.17) is 9.47 Å². The van der Waals surface area contributed by atoms with E-state index in [1.165, 1.54) is 11.1 Å². The van der Waals surface area contributed by atoms with Crippen LogP contribution < -0.4 is 10.1 Å². The number of ether oxygens (including phenoxy) is 2. The van der Waals surface area contributed by atoms with Crippen molar-refractivity contribution >= 4 is 11.9 Å². The average Bonchev–Trinajstić information content (AvgIpc) is 2.88. The Morgan fingerprint density at radius 1 is 1.00 bits per heavy atom. The molecule has 7 nitrogen and oxygen atoms in total. The summed E-state index contributed by atoms with van der Waals surface area (Å²) in [4.78, 5) is 28.6. The number of amides is 3. The molecule has 2 aliphatic heterocycles. The maximum absolute atomic E-state index is 13.3. The Labute approximate surface area is 202 Å². The van der Waals surface area contributed by atoms with Gasteiger partial charge in [0.15, 0.2) is 0 Å². The summed E-state index contributed by atoms with van der Waals surface area (Å²) in [5.41, 5.74) is 2.54. The van der Waals surface area contributed by atoms with Crippen molar-refractivity contribution in [1.82, 2.24) is 15.1 Å². The fourth-order valence-electron chi connectivity index (χ4n) is 5.03. The first-order chi connectivity index (χ1) is 16.7. The first kappa shape index (κ1) is 24.1. The van der Waals surface area contributed by atoms with Crippen LogP contribution in [0.2, 0.25) is 0 Å². The summed E-state index contributed by atoms with van der Waals surface area (Å²) < 4.78 is 11.0. The molecule has 0 radical (unpaired) electrons. The molecule has 0 unspecified atom stereocenters. The van der Waals surface area contributed by atoms with Crippen molar-refractivity contribution in [1.29, 1.82) is 0 Å². The fourth-order valence-corrected chi connectivity index (χ4v) is 5.03. The number of likely N-dealkylation sites (tertiary alicyclic amines) is 1. The molecule has 1 atom stereocenters. The molecule has 2 fully saturated rings. The molecule has 0 aromatic heterocycles. The number of hydrogen-bond donors (Lipinski definition) is 1. The Morgan fingerprint density at radius 2 is 1.76 bits per heavy atom. The smallest absolute Gasteiger partial charge is 0.321 e. The Hall–Kier alpha value is -3.06. The van der Waals surface area contributed by atoms with Gasteiger partial charge in [-0.3, -0.25) is 4.79 Å². The van der Waals surface area contributed by atoms with Crippen LogP contribution in [-0.2, 0) is 9.53 Å². The van der Waals surface area contributed by atoms with E-state index in [9.17, 15) is 9.59 Å². The van der Waals surface area contributed by atoms with Crippen molar-refractivity contribution in [3.05, 3.63) is 65.7 Å². The van der Waals surface area contributed by atoms with Gasteiger partial charge in [0.2, 0.25) is 5.91 Å². The summed E-state index contributed by atoms with van der Waals surface area (Å²) in [7, 11) is 1.70. The highest BCUT2D eigenvalue weighted by Gasteiger charge is 2.32. The number of nitrogens with zero attached hydrogens (tertiary/aromatic N) is 2. The van der Waals surface area contributed by atoms with Crippen LogP contribution in [-0.4, -0.2) is 68.4 Å². The molecule has 2 aliphatic rings. The zero-order valence-electron chi connectivity index (χ0n) is 19.9. The van der Waals surface area contributed by atoms with E-state index in [1.54, 1.807) is 12.0 Å². The molecule has 2 saturated heterocycles. The molecule has 4 rings (SSSR count). The minimum absolute atomic E-state index is 0.00878. The van der Waals surface area contributed by atoms with Crippen molar-refractivity contribution in [2.45, 2.75) is 31.6 Å². The molecule has 0 spiro atoms. The molecular weight excluding hydrogens is 430 g/mol. The van der Waals surface area contributed by atoms with Crippen LogP contribution in [0.15, 0.2) is 54.6 Å². The molecule has 2 heterocycles. The Balaban J connectivity index is 1.43. The van der Waals surface area contributed by atoms with Gasteiger partial charge in [0.25, 0.3) is 0 Å². The van der Waals surface area contributed by atoms with Crippen LogP contribution in [0.4, 0.5) is 4.79 Å². The van der Waals surface area contributed by atoms with E-state index < -0.39 is 0 Å². The number of carbonyl (C=O) groups excluding carboxylic acids is 2. The third-order valence-electron chi connectivity index (χ3n) is 6.82. The van der Waals surface area contributed by atoms with Crippen LogP contribution >= 0.6 is 0 Å². The van der Waals surface area contributed by atoms with Crippen molar-refractivity contribution in [3.63, 3.8) is 0 Å². The number of hydrogen-bond acceptors (Lipinski definition) is 4. The highest BCUT2D eigenvalue weighted by atomic mass is 16.5. The monoisotopic (exact) mass is 465 g/mol. The summed E-state index contributed by atoms with van der Waals surface area (Å²) in [6.07, 6.45) is 3.56. The third kappa shape index (κ3) is 6.08. The van der Waals surface area contributed by atoms with Gasteiger partial charge in [-0.2, -0.15) is 0 Å². The van der Waals surface area contributed by atoms with Crippen LogP contribution in [0.5, 0.6) is 5.75 Å². The lowest BCUT2D eigenvalue weighted by Crippen LogP contribution is -2.49. The molecule has 2 aromatic rings. The minimum Gasteiger partial charge on any atom is -0.497 e. The summed E-state index contributed by atoms with van der Waals surface area (Å²) in [5, 5.41) is 2.82. The normalized spacial score (nSPS) is 19.3. The molecule has 34 heavy (non-hydrogen) atoms. The lowest BCUT2D eigenvalue weighted by molar-refractivity contribution is -0.127. The van der Waals surface area contributed by atoms with Crippen molar-refractivity contribution in [2.75, 3.05) is 46.6 Å². The zero-order valence-corrected chi connectivity index (χ0v) is 19.9. The molecule has 1 N–H and O–H groups in total. The molecule has 182 valence electrons. The predicted molar refractivity (Wildman–Crippen MR) is 131 cm³/mol. The predicted octanol–water partition coefficient (Wildman–Crippen LogP) is 3.85. The van der Waals surface area contributed by atoms with Gasteiger partial charge in [-0.25, -0.2) is 4.79 Å².